The molecule has 0 radical (unpaired) electrons. The summed E-state index contributed by atoms with van der Waals surface area (Å²) in [6.45, 7) is 2.87. The summed E-state index contributed by atoms with van der Waals surface area (Å²) in [4.78, 5) is 4.36. The molecule has 0 atom stereocenters. The summed E-state index contributed by atoms with van der Waals surface area (Å²) in [7, 11) is 1.68. The second-order valence-corrected chi connectivity index (χ2v) is 5.22. The van der Waals surface area contributed by atoms with E-state index >= 15 is 0 Å². The van der Waals surface area contributed by atoms with E-state index < -0.39 is 0 Å². The quantitative estimate of drug-likeness (QED) is 0.909. The van der Waals surface area contributed by atoms with E-state index in [0.29, 0.717) is 0 Å². The molecular formula is C15H17BrN2O. The molecule has 0 saturated carbocycles. The number of anilines is 1. The molecule has 3 nitrogen and oxygen atoms in total. The van der Waals surface area contributed by atoms with E-state index in [1.54, 1.807) is 7.11 Å². The Labute approximate surface area is 122 Å². The first-order chi connectivity index (χ1) is 9.19. The Hall–Kier alpha value is -1.55. The molecule has 1 aromatic carbocycles. The molecule has 1 aromatic heterocycles. The van der Waals surface area contributed by atoms with Gasteiger partial charge < -0.3 is 10.1 Å². The molecule has 2 rings (SSSR count). The van der Waals surface area contributed by atoms with Crippen molar-refractivity contribution in [1.29, 1.82) is 0 Å². The van der Waals surface area contributed by atoms with Gasteiger partial charge in [-0.2, -0.15) is 0 Å². The van der Waals surface area contributed by atoms with Gasteiger partial charge in [-0.05, 0) is 58.6 Å². The number of hydrogen-bond donors (Lipinski definition) is 1. The number of benzene rings is 1. The normalized spacial score (nSPS) is 10.3. The highest BCUT2D eigenvalue weighted by Crippen LogP contribution is 2.20. The van der Waals surface area contributed by atoms with Crippen molar-refractivity contribution in [2.45, 2.75) is 13.3 Å². The van der Waals surface area contributed by atoms with Crippen LogP contribution in [-0.2, 0) is 6.42 Å². The Morgan fingerprint density at radius 2 is 2.00 bits per heavy atom. The number of hydrogen-bond acceptors (Lipinski definition) is 3. The smallest absolute Gasteiger partial charge is 0.140 e. The first-order valence-corrected chi connectivity index (χ1v) is 6.97. The predicted molar refractivity (Wildman–Crippen MR) is 81.9 cm³/mol. The number of rotatable bonds is 5. The highest BCUT2D eigenvalue weighted by atomic mass is 79.9. The van der Waals surface area contributed by atoms with Crippen molar-refractivity contribution in [3.63, 3.8) is 0 Å². The van der Waals surface area contributed by atoms with E-state index in [9.17, 15) is 0 Å². The average molecular weight is 321 g/mol. The van der Waals surface area contributed by atoms with Gasteiger partial charge in [0.05, 0.1) is 11.6 Å². The molecule has 0 aliphatic carbocycles. The van der Waals surface area contributed by atoms with Gasteiger partial charge in [-0.15, -0.1) is 0 Å². The minimum atomic E-state index is 0.848. The molecule has 0 amide bonds. The maximum absolute atomic E-state index is 5.14. The van der Waals surface area contributed by atoms with Gasteiger partial charge in [-0.25, -0.2) is 4.98 Å². The fraction of sp³-hybridized carbons (Fsp3) is 0.267. The van der Waals surface area contributed by atoms with E-state index in [-0.39, 0.29) is 0 Å². The van der Waals surface area contributed by atoms with E-state index in [0.717, 1.165) is 34.6 Å². The third-order valence-electron chi connectivity index (χ3n) is 2.84. The number of halogens is 1. The van der Waals surface area contributed by atoms with Crippen LogP contribution in [-0.4, -0.2) is 18.6 Å². The molecule has 0 bridgehead atoms. The fourth-order valence-electron chi connectivity index (χ4n) is 1.78. The largest absolute Gasteiger partial charge is 0.497 e. The molecule has 0 saturated heterocycles. The second-order valence-electron chi connectivity index (χ2n) is 4.37. The minimum Gasteiger partial charge on any atom is -0.497 e. The minimum absolute atomic E-state index is 0.848. The lowest BCUT2D eigenvalue weighted by Crippen LogP contribution is -2.07. The first-order valence-electron chi connectivity index (χ1n) is 6.18. The Balaban J connectivity index is 1.88. The Kier molecular flexibility index (Phi) is 4.80. The average Bonchev–Trinajstić information content (AvgIpc) is 2.42. The van der Waals surface area contributed by atoms with Crippen LogP contribution in [0.1, 0.15) is 11.1 Å². The van der Waals surface area contributed by atoms with Crippen LogP contribution in [0.5, 0.6) is 5.75 Å². The monoisotopic (exact) mass is 320 g/mol. The highest BCUT2D eigenvalue weighted by molar-refractivity contribution is 9.10. The number of nitrogens with one attached hydrogen (secondary N) is 1. The van der Waals surface area contributed by atoms with Crippen molar-refractivity contribution < 1.29 is 4.74 Å². The van der Waals surface area contributed by atoms with Crippen molar-refractivity contribution in [3.8, 4) is 5.75 Å². The lowest BCUT2D eigenvalue weighted by atomic mass is 10.1. The summed E-state index contributed by atoms with van der Waals surface area (Å²) in [5.41, 5.74) is 2.42. The maximum Gasteiger partial charge on any atom is 0.140 e. The van der Waals surface area contributed by atoms with E-state index in [2.05, 4.69) is 44.4 Å². The topological polar surface area (TPSA) is 34.1 Å². The maximum atomic E-state index is 5.14. The molecule has 2 aromatic rings. The van der Waals surface area contributed by atoms with E-state index in [1.165, 1.54) is 5.56 Å². The Morgan fingerprint density at radius 3 is 2.63 bits per heavy atom. The molecule has 0 unspecified atom stereocenters. The number of methoxy groups -OCH3 is 1. The number of nitrogens with zero attached hydrogens (tertiary/aromatic N) is 1. The van der Waals surface area contributed by atoms with Crippen molar-refractivity contribution in [1.82, 2.24) is 4.98 Å². The van der Waals surface area contributed by atoms with Gasteiger partial charge in [0.2, 0.25) is 0 Å². The van der Waals surface area contributed by atoms with E-state index in [1.807, 2.05) is 25.3 Å². The molecule has 1 N–H and O–H groups in total. The van der Waals surface area contributed by atoms with Gasteiger partial charge in [0, 0.05) is 12.7 Å². The van der Waals surface area contributed by atoms with Crippen LogP contribution >= 0.6 is 15.9 Å². The Morgan fingerprint density at radius 1 is 1.26 bits per heavy atom. The van der Waals surface area contributed by atoms with Gasteiger partial charge in [-0.1, -0.05) is 12.1 Å². The molecule has 0 spiro atoms. The highest BCUT2D eigenvalue weighted by Gasteiger charge is 2.01. The van der Waals surface area contributed by atoms with Gasteiger partial charge in [0.25, 0.3) is 0 Å². The zero-order chi connectivity index (χ0) is 13.7. The van der Waals surface area contributed by atoms with Gasteiger partial charge in [0.1, 0.15) is 11.6 Å². The molecule has 1 heterocycles. The van der Waals surface area contributed by atoms with Crippen LogP contribution in [0.2, 0.25) is 0 Å². The molecule has 19 heavy (non-hydrogen) atoms. The zero-order valence-electron chi connectivity index (χ0n) is 11.1. The SMILES string of the molecule is COc1ccc(CCNc2ncc(C)cc2Br)cc1. The van der Waals surface area contributed by atoms with Crippen molar-refractivity contribution in [3.05, 3.63) is 52.1 Å². The predicted octanol–water partition coefficient (Wildman–Crippen LogP) is 3.82. The lowest BCUT2D eigenvalue weighted by molar-refractivity contribution is 0.414. The van der Waals surface area contributed by atoms with Crippen LogP contribution in [0, 0.1) is 6.92 Å². The summed E-state index contributed by atoms with van der Waals surface area (Å²) in [5.74, 6) is 1.78. The van der Waals surface area contributed by atoms with Crippen molar-refractivity contribution >= 4 is 21.7 Å². The second kappa shape index (κ2) is 6.57. The van der Waals surface area contributed by atoms with Gasteiger partial charge in [-0.3, -0.25) is 0 Å². The molecule has 0 fully saturated rings. The zero-order valence-corrected chi connectivity index (χ0v) is 12.7. The van der Waals surface area contributed by atoms with Crippen molar-refractivity contribution in [2.75, 3.05) is 19.0 Å². The summed E-state index contributed by atoms with van der Waals surface area (Å²) >= 11 is 3.51. The van der Waals surface area contributed by atoms with Crippen LogP contribution in [0.15, 0.2) is 41.0 Å². The third kappa shape index (κ3) is 3.96. The number of ether oxygens (including phenoxy) is 1. The summed E-state index contributed by atoms with van der Waals surface area (Å²) in [6.07, 6.45) is 2.81. The molecular weight excluding hydrogens is 304 g/mol. The summed E-state index contributed by atoms with van der Waals surface area (Å²) in [5, 5.41) is 3.33. The number of aromatic nitrogens is 1. The van der Waals surface area contributed by atoms with Crippen LogP contribution < -0.4 is 10.1 Å². The van der Waals surface area contributed by atoms with Gasteiger partial charge in [0.15, 0.2) is 0 Å². The first kappa shape index (κ1) is 13.9. The lowest BCUT2D eigenvalue weighted by Gasteiger charge is -2.08. The molecule has 4 heteroatoms. The van der Waals surface area contributed by atoms with Crippen molar-refractivity contribution in [2.24, 2.45) is 0 Å². The summed E-state index contributed by atoms with van der Waals surface area (Å²) in [6, 6.07) is 10.2. The molecule has 0 aliphatic heterocycles. The number of pyridine rings is 1. The van der Waals surface area contributed by atoms with Crippen LogP contribution in [0.25, 0.3) is 0 Å². The fourth-order valence-corrected chi connectivity index (χ4v) is 2.38. The van der Waals surface area contributed by atoms with E-state index in [4.69, 9.17) is 4.74 Å². The molecule has 100 valence electrons. The Bertz CT molecular complexity index is 540. The van der Waals surface area contributed by atoms with Crippen LogP contribution in [0.4, 0.5) is 5.82 Å². The third-order valence-corrected chi connectivity index (χ3v) is 3.45. The van der Waals surface area contributed by atoms with Gasteiger partial charge >= 0.3 is 0 Å². The van der Waals surface area contributed by atoms with Crippen LogP contribution in [0.3, 0.4) is 0 Å². The number of aryl methyl sites for hydroxylation is 1. The summed E-state index contributed by atoms with van der Waals surface area (Å²) < 4.78 is 6.14. The molecule has 0 aliphatic rings. The standard InChI is InChI=1S/C15H17BrN2O/c1-11-9-14(16)15(18-10-11)17-8-7-12-3-5-13(19-2)6-4-12/h3-6,9-10H,7-8H2,1-2H3,(H,17,18).